The lowest BCUT2D eigenvalue weighted by Crippen LogP contribution is -1.96. The zero-order valence-corrected chi connectivity index (χ0v) is 55.0. The Morgan fingerprint density at radius 2 is 0.436 bits per heavy atom. The molecule has 0 saturated heterocycles. The molecule has 0 fully saturated rings. The Kier molecular flexibility index (Phi) is 13.6. The smallest absolute Gasteiger partial charge is 0.143 e. The predicted molar refractivity (Wildman–Crippen MR) is 425 cm³/mol. The van der Waals surface area contributed by atoms with Crippen LogP contribution in [0, 0.1) is 0 Å². The van der Waals surface area contributed by atoms with E-state index in [0.717, 1.165) is 166 Å². The second-order valence-electron chi connectivity index (χ2n) is 26.6. The molecule has 0 radical (unpaired) electrons. The minimum atomic E-state index is 0.838. The van der Waals surface area contributed by atoms with Gasteiger partial charge in [-0.2, -0.15) is 0 Å². The summed E-state index contributed by atoms with van der Waals surface area (Å²) < 4.78 is 17.5. The van der Waals surface area contributed by atoms with Crippen LogP contribution >= 0.6 is 0 Å². The maximum absolute atomic E-state index is 7.47. The van der Waals surface area contributed by atoms with Crippen molar-refractivity contribution in [2.45, 2.75) is 0 Å². The summed E-state index contributed by atoms with van der Waals surface area (Å²) in [7, 11) is 0. The van der Waals surface area contributed by atoms with Crippen molar-refractivity contribution in [1.82, 2.24) is 4.57 Å². The van der Waals surface area contributed by atoms with Gasteiger partial charge in [-0.05, 0) is 183 Å². The Morgan fingerprint density at radius 1 is 0.158 bits per heavy atom. The van der Waals surface area contributed by atoms with Crippen molar-refractivity contribution in [1.29, 1.82) is 0 Å². The number of hydrogen-bond donors (Lipinski definition) is 0. The fourth-order valence-corrected chi connectivity index (χ4v) is 16.0. The molecule has 0 bridgehead atoms. The first-order valence-electron chi connectivity index (χ1n) is 34.7. The molecule has 0 N–H and O–H groups in total. The van der Waals surface area contributed by atoms with Crippen molar-refractivity contribution in [3.05, 3.63) is 370 Å². The Balaban J connectivity index is 0.866. The van der Waals surface area contributed by atoms with Crippen LogP contribution in [0.25, 0.3) is 204 Å². The van der Waals surface area contributed by atoms with E-state index in [9.17, 15) is 0 Å². The molecule has 3 heteroatoms. The zero-order chi connectivity index (χ0) is 66.5. The van der Waals surface area contributed by atoms with Crippen molar-refractivity contribution in [2.24, 2.45) is 0 Å². The lowest BCUT2D eigenvalue weighted by molar-refractivity contribution is 0.671. The summed E-state index contributed by atoms with van der Waals surface area (Å²) in [5.74, 6) is 0. The average Bonchev–Trinajstić information content (AvgIpc) is 1.66. The van der Waals surface area contributed by atoms with E-state index in [2.05, 4.69) is 375 Å². The van der Waals surface area contributed by atoms with Crippen molar-refractivity contribution in [3.8, 4) is 117 Å². The summed E-state index contributed by atoms with van der Waals surface area (Å²) in [5, 5.41) is 11.4. The molecule has 3 heterocycles. The summed E-state index contributed by atoms with van der Waals surface area (Å²) >= 11 is 0. The van der Waals surface area contributed by atoms with E-state index in [1.165, 1.54) is 38.2 Å². The molecule has 20 rings (SSSR count). The Bertz CT molecular complexity index is 6270. The Labute approximate surface area is 584 Å². The van der Waals surface area contributed by atoms with Crippen LogP contribution in [0.3, 0.4) is 0 Å². The van der Waals surface area contributed by atoms with Crippen LogP contribution in [-0.4, -0.2) is 4.57 Å². The van der Waals surface area contributed by atoms with Gasteiger partial charge in [-0.1, -0.05) is 297 Å². The summed E-state index contributed by atoms with van der Waals surface area (Å²) in [5.41, 5.74) is 28.8. The average molecular weight is 1280 g/mol. The fraction of sp³-hybridized carbons (Fsp3) is 0. The first kappa shape index (κ1) is 57.9. The van der Waals surface area contributed by atoms with Crippen LogP contribution in [0.2, 0.25) is 0 Å². The molecule has 101 heavy (non-hydrogen) atoms. The highest BCUT2D eigenvalue weighted by molar-refractivity contribution is 6.23. The number of rotatable bonds is 11. The molecule has 3 nitrogen and oxygen atoms in total. The largest absolute Gasteiger partial charge is 0.455 e. The third-order valence-electron chi connectivity index (χ3n) is 20.7. The molecule has 20 aromatic rings. The number of hydrogen-bond acceptors (Lipinski definition) is 2. The molecule has 0 aliphatic carbocycles. The van der Waals surface area contributed by atoms with E-state index < -0.39 is 0 Å². The maximum atomic E-state index is 7.47. The van der Waals surface area contributed by atoms with Crippen LogP contribution in [0.5, 0.6) is 0 Å². The van der Waals surface area contributed by atoms with E-state index in [1.54, 1.807) is 0 Å². The highest BCUT2D eigenvalue weighted by Crippen LogP contribution is 2.50. The highest BCUT2D eigenvalue weighted by Gasteiger charge is 2.26. The van der Waals surface area contributed by atoms with Gasteiger partial charge in [0.15, 0.2) is 0 Å². The van der Waals surface area contributed by atoms with Gasteiger partial charge in [0.1, 0.15) is 22.3 Å². The number of nitrogens with zero attached hydrogens (tertiary/aromatic N) is 1. The molecule has 0 aliphatic heterocycles. The first-order valence-corrected chi connectivity index (χ1v) is 34.7. The number of furan rings is 2. The van der Waals surface area contributed by atoms with Gasteiger partial charge in [0.2, 0.25) is 0 Å². The molecule has 17 aromatic carbocycles. The topological polar surface area (TPSA) is 31.2 Å². The van der Waals surface area contributed by atoms with Gasteiger partial charge < -0.3 is 13.4 Å². The van der Waals surface area contributed by atoms with Crippen LogP contribution in [0.4, 0.5) is 0 Å². The molecule has 0 unspecified atom stereocenters. The monoisotopic (exact) mass is 1280 g/mol. The molecule has 470 valence electrons. The van der Waals surface area contributed by atoms with E-state index in [4.69, 9.17) is 8.83 Å². The minimum absolute atomic E-state index is 0.838. The normalized spacial score (nSPS) is 11.8. The molecular weight excluding hydrogens is 1220 g/mol. The standard InChI is InChI=1S/C98H61NO2/c1-8-27-62(28-9-1)72-52-83(66-35-16-5-17-36-66)95-87(56-72)89-58-74(64-31-12-3-13-32-64)54-85(97(89)100-95)69-47-49-77-78-50-48-70(86-55-75(65-33-14-4-15-34-65)59-90-88-57-73(63-29-10-2-11-30-63)53-84(96(88)101-98(86)90)67-37-18-6-19-38-67)61-92(78)99(91(77)60-69)76-42-26-41-71(51-76)94-81-45-24-22-43-79(81)93(68-39-20-7-21-40-68)80-44-23-25-46-82(80)94/h1-61H. The molecule has 0 atom stereocenters. The first-order chi connectivity index (χ1) is 50.1. The minimum Gasteiger partial charge on any atom is -0.455 e. The molecule has 0 spiro atoms. The fourth-order valence-electron chi connectivity index (χ4n) is 16.0. The second kappa shape index (κ2) is 23.7. The van der Waals surface area contributed by atoms with Gasteiger partial charge in [0.25, 0.3) is 0 Å². The van der Waals surface area contributed by atoms with Gasteiger partial charge in [-0.15, -0.1) is 0 Å². The van der Waals surface area contributed by atoms with Crippen molar-refractivity contribution < 1.29 is 8.83 Å². The summed E-state index contributed by atoms with van der Waals surface area (Å²) in [6.07, 6.45) is 0. The Morgan fingerprint density at radius 3 is 0.772 bits per heavy atom. The van der Waals surface area contributed by atoms with Crippen LogP contribution in [-0.2, 0) is 0 Å². The second-order valence-corrected chi connectivity index (χ2v) is 26.6. The Hall–Kier alpha value is -13.3. The summed E-state index contributed by atoms with van der Waals surface area (Å²) in [4.78, 5) is 0. The third kappa shape index (κ3) is 9.73. The van der Waals surface area contributed by atoms with Crippen molar-refractivity contribution >= 4 is 87.2 Å². The third-order valence-corrected chi connectivity index (χ3v) is 20.7. The van der Waals surface area contributed by atoms with Crippen molar-refractivity contribution in [2.75, 3.05) is 0 Å². The van der Waals surface area contributed by atoms with Gasteiger partial charge in [-0.25, -0.2) is 0 Å². The van der Waals surface area contributed by atoms with E-state index in [-0.39, 0.29) is 0 Å². The summed E-state index contributed by atoms with van der Waals surface area (Å²) in [6.45, 7) is 0. The lowest BCUT2D eigenvalue weighted by Gasteiger charge is -2.18. The van der Waals surface area contributed by atoms with E-state index >= 15 is 0 Å². The van der Waals surface area contributed by atoms with E-state index in [1.807, 2.05) is 0 Å². The SMILES string of the molecule is c1ccc(-c2cc(-c3ccccc3)c3oc4c(-c5ccc6c7ccc(-c8cc(-c9ccccc9)cc9c8oc8c(-c%10ccccc%10)cc(-c%10ccccc%10)cc89)cc7n(-c7cccc(-c8c9ccccc9c(-c9ccccc9)c9ccccc89)c7)c6c5)cc(-c5ccccc5)cc4c3c2)cc1. The van der Waals surface area contributed by atoms with Gasteiger partial charge >= 0.3 is 0 Å². The molecule has 0 aliphatic rings. The van der Waals surface area contributed by atoms with E-state index in [0.29, 0.717) is 0 Å². The van der Waals surface area contributed by atoms with Crippen molar-refractivity contribution in [3.63, 3.8) is 0 Å². The number of aromatic nitrogens is 1. The molecule has 3 aromatic heterocycles. The quantitative estimate of drug-likeness (QED) is 0.121. The summed E-state index contributed by atoms with van der Waals surface area (Å²) in [6, 6.07) is 135. The molecule has 0 saturated carbocycles. The molecule has 0 amide bonds. The van der Waals surface area contributed by atoms with Crippen LogP contribution in [0.15, 0.2) is 379 Å². The van der Waals surface area contributed by atoms with Gasteiger partial charge in [0, 0.05) is 60.3 Å². The van der Waals surface area contributed by atoms with Crippen LogP contribution in [0.1, 0.15) is 0 Å². The number of fused-ring (bicyclic) bond motifs is 11. The zero-order valence-electron chi connectivity index (χ0n) is 55.0. The van der Waals surface area contributed by atoms with Gasteiger partial charge in [0.05, 0.1) is 11.0 Å². The van der Waals surface area contributed by atoms with Gasteiger partial charge in [-0.3, -0.25) is 0 Å². The van der Waals surface area contributed by atoms with Crippen LogP contribution < -0.4 is 0 Å². The predicted octanol–water partition coefficient (Wildman–Crippen LogP) is 27.6. The number of benzene rings is 17. The maximum Gasteiger partial charge on any atom is 0.143 e. The lowest BCUT2D eigenvalue weighted by atomic mass is 9.86. The molecular formula is C98H61NO2. The highest BCUT2D eigenvalue weighted by atomic mass is 16.3.